The Balaban J connectivity index is 2.37. The summed E-state index contributed by atoms with van der Waals surface area (Å²) in [4.78, 5) is 20.7. The van der Waals surface area contributed by atoms with Crippen molar-refractivity contribution in [3.8, 4) is 0 Å². The maximum atomic E-state index is 12.4. The van der Waals surface area contributed by atoms with Crippen LogP contribution in [-0.4, -0.2) is 24.4 Å². The Morgan fingerprint density at radius 1 is 1.17 bits per heavy atom. The van der Waals surface area contributed by atoms with Crippen molar-refractivity contribution >= 4 is 27.4 Å². The highest BCUT2D eigenvalue weighted by Gasteiger charge is 2.20. The fourth-order valence-corrected chi connectivity index (χ4v) is 3.21. The van der Waals surface area contributed by atoms with Crippen LogP contribution < -0.4 is 4.72 Å². The van der Waals surface area contributed by atoms with Gasteiger partial charge < -0.3 is 5.11 Å². The number of carboxylic acid groups (broad SMARTS) is 1. The van der Waals surface area contributed by atoms with Crippen LogP contribution in [0.3, 0.4) is 0 Å². The van der Waals surface area contributed by atoms with Crippen LogP contribution in [0.4, 0.5) is 11.4 Å². The van der Waals surface area contributed by atoms with Crippen LogP contribution in [0.25, 0.3) is 0 Å². The minimum absolute atomic E-state index is 0.0134. The molecule has 0 fully saturated rings. The second-order valence-corrected chi connectivity index (χ2v) is 6.35. The van der Waals surface area contributed by atoms with Gasteiger partial charge in [-0.25, -0.2) is 13.2 Å². The van der Waals surface area contributed by atoms with Crippen molar-refractivity contribution in [1.29, 1.82) is 0 Å². The van der Waals surface area contributed by atoms with Gasteiger partial charge >= 0.3 is 5.97 Å². The van der Waals surface area contributed by atoms with E-state index in [1.54, 1.807) is 0 Å². The number of carbonyl (C=O) groups is 1. The average Bonchev–Trinajstić information content (AvgIpc) is 2.47. The first-order chi connectivity index (χ1) is 10.7. The lowest BCUT2D eigenvalue weighted by Gasteiger charge is -2.10. The van der Waals surface area contributed by atoms with E-state index in [1.807, 2.05) is 0 Å². The first-order valence-electron chi connectivity index (χ1n) is 6.32. The minimum Gasteiger partial charge on any atom is -0.478 e. The van der Waals surface area contributed by atoms with E-state index in [0.717, 1.165) is 6.07 Å². The number of rotatable bonds is 5. The Morgan fingerprint density at radius 3 is 2.30 bits per heavy atom. The van der Waals surface area contributed by atoms with E-state index >= 15 is 0 Å². The van der Waals surface area contributed by atoms with Crippen molar-refractivity contribution in [3.63, 3.8) is 0 Å². The number of hydrogen-bond donors (Lipinski definition) is 2. The summed E-state index contributed by atoms with van der Waals surface area (Å²) >= 11 is 0. The molecule has 2 aromatic rings. The summed E-state index contributed by atoms with van der Waals surface area (Å²) in [6.45, 7) is 1.52. The molecule has 8 nitrogen and oxygen atoms in total. The van der Waals surface area contributed by atoms with Crippen LogP contribution in [0.1, 0.15) is 15.9 Å². The molecule has 0 saturated heterocycles. The molecule has 0 saturated carbocycles. The molecule has 2 aromatic carbocycles. The normalized spacial score (nSPS) is 11.0. The number of nitrogens with zero attached hydrogens (tertiary/aromatic N) is 1. The molecule has 0 amide bonds. The van der Waals surface area contributed by atoms with Crippen molar-refractivity contribution < 1.29 is 23.2 Å². The van der Waals surface area contributed by atoms with Crippen molar-refractivity contribution in [2.24, 2.45) is 0 Å². The van der Waals surface area contributed by atoms with Gasteiger partial charge in [0.15, 0.2) is 0 Å². The number of nitrogens with one attached hydrogen (secondary N) is 1. The molecule has 2 rings (SSSR count). The number of benzene rings is 2. The first kappa shape index (κ1) is 16.4. The quantitative estimate of drug-likeness (QED) is 0.637. The van der Waals surface area contributed by atoms with E-state index in [4.69, 9.17) is 5.11 Å². The number of aryl methyl sites for hydroxylation is 1. The topological polar surface area (TPSA) is 127 Å². The van der Waals surface area contributed by atoms with Crippen LogP contribution in [0.15, 0.2) is 47.4 Å². The lowest BCUT2D eigenvalue weighted by molar-refractivity contribution is -0.385. The molecular weight excluding hydrogens is 324 g/mol. The van der Waals surface area contributed by atoms with Crippen molar-refractivity contribution in [3.05, 3.63) is 63.7 Å². The lowest BCUT2D eigenvalue weighted by Crippen LogP contribution is -2.14. The summed E-state index contributed by atoms with van der Waals surface area (Å²) in [7, 11) is -4.03. The number of anilines is 1. The van der Waals surface area contributed by atoms with Gasteiger partial charge in [0.1, 0.15) is 0 Å². The van der Waals surface area contributed by atoms with E-state index in [2.05, 4.69) is 4.72 Å². The smallest absolute Gasteiger partial charge is 0.335 e. The van der Waals surface area contributed by atoms with E-state index in [-0.39, 0.29) is 21.8 Å². The van der Waals surface area contributed by atoms with Gasteiger partial charge in [0.05, 0.1) is 15.4 Å². The Morgan fingerprint density at radius 2 is 1.78 bits per heavy atom. The Kier molecular flexibility index (Phi) is 4.32. The molecule has 120 valence electrons. The molecule has 0 unspecified atom stereocenters. The Hall–Kier alpha value is -2.94. The van der Waals surface area contributed by atoms with Gasteiger partial charge in [-0.3, -0.25) is 14.8 Å². The first-order valence-corrected chi connectivity index (χ1v) is 7.80. The van der Waals surface area contributed by atoms with Gasteiger partial charge in [-0.15, -0.1) is 0 Å². The fraction of sp³-hybridized carbons (Fsp3) is 0.0714. The van der Waals surface area contributed by atoms with E-state index in [0.29, 0.717) is 5.56 Å². The van der Waals surface area contributed by atoms with Crippen LogP contribution in [0, 0.1) is 17.0 Å². The van der Waals surface area contributed by atoms with Gasteiger partial charge in [-0.1, -0.05) is 6.07 Å². The molecule has 0 aromatic heterocycles. The largest absolute Gasteiger partial charge is 0.478 e. The number of carboxylic acids is 1. The number of nitro benzene ring substituents is 1. The third-order valence-electron chi connectivity index (χ3n) is 3.06. The van der Waals surface area contributed by atoms with E-state index in [1.165, 1.54) is 43.3 Å². The van der Waals surface area contributed by atoms with Crippen molar-refractivity contribution in [2.75, 3.05) is 4.72 Å². The fourth-order valence-electron chi connectivity index (χ4n) is 1.88. The molecular formula is C14H12N2O6S. The lowest BCUT2D eigenvalue weighted by atomic mass is 10.2. The number of sulfonamides is 1. The highest BCUT2D eigenvalue weighted by atomic mass is 32.2. The number of aromatic carboxylic acids is 1. The molecule has 9 heteroatoms. The summed E-state index contributed by atoms with van der Waals surface area (Å²) in [6, 6.07) is 8.64. The monoisotopic (exact) mass is 336 g/mol. The standard InChI is InChI=1S/C14H12N2O6S/c1-9-2-7-12(16(19)20)8-13(9)23(21,22)15-11-5-3-10(4-6-11)14(17)18/h2-8,15H,1H3,(H,17,18). The Labute approximate surface area is 131 Å². The molecule has 0 radical (unpaired) electrons. The second-order valence-electron chi connectivity index (χ2n) is 4.69. The summed E-state index contributed by atoms with van der Waals surface area (Å²) < 4.78 is 27.0. The minimum atomic E-state index is -4.03. The molecule has 0 heterocycles. The number of nitro groups is 1. The van der Waals surface area contributed by atoms with Crippen molar-refractivity contribution in [2.45, 2.75) is 11.8 Å². The number of hydrogen-bond acceptors (Lipinski definition) is 5. The van der Waals surface area contributed by atoms with Gasteiger partial charge in [0, 0.05) is 17.8 Å². The summed E-state index contributed by atoms with van der Waals surface area (Å²) in [5, 5.41) is 19.6. The van der Waals surface area contributed by atoms with Gasteiger partial charge in [0.2, 0.25) is 0 Å². The molecule has 0 aliphatic rings. The molecule has 0 atom stereocenters. The third-order valence-corrected chi connectivity index (χ3v) is 4.58. The van der Waals surface area contributed by atoms with E-state index < -0.39 is 20.9 Å². The molecule has 2 N–H and O–H groups in total. The van der Waals surface area contributed by atoms with Gasteiger partial charge in [0.25, 0.3) is 15.7 Å². The van der Waals surface area contributed by atoms with Crippen LogP contribution in [0.2, 0.25) is 0 Å². The molecule has 0 aliphatic carbocycles. The molecule has 23 heavy (non-hydrogen) atoms. The zero-order valence-electron chi connectivity index (χ0n) is 11.9. The molecule has 0 bridgehead atoms. The number of non-ortho nitro benzene ring substituents is 1. The summed E-state index contributed by atoms with van der Waals surface area (Å²) in [5.41, 5.74) is 0.183. The zero-order valence-corrected chi connectivity index (χ0v) is 12.7. The average molecular weight is 336 g/mol. The maximum Gasteiger partial charge on any atom is 0.335 e. The summed E-state index contributed by atoms with van der Waals surface area (Å²) in [6.07, 6.45) is 0. The SMILES string of the molecule is Cc1ccc([N+](=O)[O-])cc1S(=O)(=O)Nc1ccc(C(=O)O)cc1. The third kappa shape index (κ3) is 3.64. The second kappa shape index (κ2) is 6.05. The Bertz CT molecular complexity index is 875. The van der Waals surface area contributed by atoms with Crippen molar-refractivity contribution in [1.82, 2.24) is 0 Å². The molecule has 0 spiro atoms. The van der Waals surface area contributed by atoms with Crippen LogP contribution >= 0.6 is 0 Å². The van der Waals surface area contributed by atoms with Gasteiger partial charge in [-0.05, 0) is 36.8 Å². The predicted molar refractivity (Wildman–Crippen MR) is 82.0 cm³/mol. The highest BCUT2D eigenvalue weighted by molar-refractivity contribution is 7.92. The predicted octanol–water partition coefficient (Wildman–Crippen LogP) is 2.40. The van der Waals surface area contributed by atoms with Gasteiger partial charge in [-0.2, -0.15) is 0 Å². The van der Waals surface area contributed by atoms with Crippen LogP contribution in [-0.2, 0) is 10.0 Å². The van der Waals surface area contributed by atoms with Crippen LogP contribution in [0.5, 0.6) is 0 Å². The zero-order chi connectivity index (χ0) is 17.2. The summed E-state index contributed by atoms with van der Waals surface area (Å²) in [5.74, 6) is -1.13. The van der Waals surface area contributed by atoms with E-state index in [9.17, 15) is 23.3 Å². The highest BCUT2D eigenvalue weighted by Crippen LogP contribution is 2.24. The molecule has 0 aliphatic heterocycles. The maximum absolute atomic E-state index is 12.4.